The first-order valence-electron chi connectivity index (χ1n) is 5.70. The van der Waals surface area contributed by atoms with Gasteiger partial charge in [-0.25, -0.2) is 0 Å². The third-order valence-corrected chi connectivity index (χ3v) is 2.61. The molecule has 0 radical (unpaired) electrons. The summed E-state index contributed by atoms with van der Waals surface area (Å²) in [4.78, 5) is 0. The Labute approximate surface area is 92.7 Å². The Balaban J connectivity index is 2.53. The van der Waals surface area contributed by atoms with Crippen LogP contribution >= 0.6 is 0 Å². The van der Waals surface area contributed by atoms with Gasteiger partial charge in [0.2, 0.25) is 0 Å². The number of hydrogen-bond donors (Lipinski definition) is 1. The summed E-state index contributed by atoms with van der Waals surface area (Å²) in [6, 6.07) is 0.133. The Morgan fingerprint density at radius 1 is 1.47 bits per heavy atom. The lowest BCUT2D eigenvalue weighted by Gasteiger charge is -2.17. The van der Waals surface area contributed by atoms with Crippen molar-refractivity contribution in [1.82, 2.24) is 9.78 Å². The molecule has 0 aliphatic rings. The Morgan fingerprint density at radius 2 is 2.13 bits per heavy atom. The topological polar surface area (TPSA) is 43.8 Å². The SMILES string of the molecule is CCC(N)c1cnn(CCC(C)(C)C)c1. The van der Waals surface area contributed by atoms with E-state index >= 15 is 0 Å². The molecule has 0 saturated carbocycles. The summed E-state index contributed by atoms with van der Waals surface area (Å²) < 4.78 is 2.00. The lowest BCUT2D eigenvalue weighted by atomic mass is 9.92. The van der Waals surface area contributed by atoms with Gasteiger partial charge in [-0.3, -0.25) is 4.68 Å². The summed E-state index contributed by atoms with van der Waals surface area (Å²) in [5.74, 6) is 0. The van der Waals surface area contributed by atoms with Crippen molar-refractivity contribution in [2.45, 2.75) is 53.1 Å². The molecule has 0 fully saturated rings. The Morgan fingerprint density at radius 3 is 2.67 bits per heavy atom. The van der Waals surface area contributed by atoms with Crippen molar-refractivity contribution in [2.24, 2.45) is 11.1 Å². The minimum atomic E-state index is 0.133. The van der Waals surface area contributed by atoms with Crippen molar-refractivity contribution >= 4 is 0 Å². The van der Waals surface area contributed by atoms with E-state index in [4.69, 9.17) is 5.73 Å². The molecule has 0 bridgehead atoms. The minimum Gasteiger partial charge on any atom is -0.324 e. The van der Waals surface area contributed by atoms with E-state index in [1.807, 2.05) is 10.9 Å². The first-order chi connectivity index (χ1) is 6.92. The Bertz CT molecular complexity index is 296. The van der Waals surface area contributed by atoms with E-state index in [-0.39, 0.29) is 6.04 Å². The highest BCUT2D eigenvalue weighted by Crippen LogP contribution is 2.19. The van der Waals surface area contributed by atoms with Crippen LogP contribution in [0.5, 0.6) is 0 Å². The predicted octanol–water partition coefficient (Wildman–Crippen LogP) is 2.73. The average Bonchev–Trinajstić information content (AvgIpc) is 2.61. The fourth-order valence-corrected chi connectivity index (χ4v) is 1.38. The van der Waals surface area contributed by atoms with E-state index in [0.29, 0.717) is 5.41 Å². The Kier molecular flexibility index (Phi) is 3.91. The maximum atomic E-state index is 5.94. The number of rotatable bonds is 4. The molecule has 0 aliphatic carbocycles. The first kappa shape index (κ1) is 12.2. The molecule has 0 amide bonds. The van der Waals surface area contributed by atoms with E-state index < -0.39 is 0 Å². The molecule has 1 aromatic heterocycles. The molecule has 1 unspecified atom stereocenters. The van der Waals surface area contributed by atoms with Crippen LogP contribution in [0.4, 0.5) is 0 Å². The molecular weight excluding hydrogens is 186 g/mol. The molecule has 15 heavy (non-hydrogen) atoms. The maximum absolute atomic E-state index is 5.94. The zero-order valence-corrected chi connectivity index (χ0v) is 10.3. The smallest absolute Gasteiger partial charge is 0.0537 e. The lowest BCUT2D eigenvalue weighted by molar-refractivity contribution is 0.341. The van der Waals surface area contributed by atoms with Crippen LogP contribution in [0.3, 0.4) is 0 Å². The third kappa shape index (κ3) is 4.04. The van der Waals surface area contributed by atoms with Crippen molar-refractivity contribution in [3.63, 3.8) is 0 Å². The molecule has 2 N–H and O–H groups in total. The van der Waals surface area contributed by atoms with Crippen LogP contribution in [0.25, 0.3) is 0 Å². The number of hydrogen-bond acceptors (Lipinski definition) is 2. The molecule has 86 valence electrons. The fourth-order valence-electron chi connectivity index (χ4n) is 1.38. The van der Waals surface area contributed by atoms with E-state index in [1.165, 1.54) is 0 Å². The molecule has 0 spiro atoms. The highest BCUT2D eigenvalue weighted by Gasteiger charge is 2.11. The number of nitrogens with zero attached hydrogens (tertiary/aromatic N) is 2. The quantitative estimate of drug-likeness (QED) is 0.828. The summed E-state index contributed by atoms with van der Waals surface area (Å²) in [6.45, 7) is 9.80. The molecule has 1 rings (SSSR count). The highest BCUT2D eigenvalue weighted by atomic mass is 15.3. The van der Waals surface area contributed by atoms with Gasteiger partial charge in [-0.2, -0.15) is 5.10 Å². The summed E-state index contributed by atoms with van der Waals surface area (Å²) in [7, 11) is 0. The minimum absolute atomic E-state index is 0.133. The second-order valence-electron chi connectivity index (χ2n) is 5.36. The summed E-state index contributed by atoms with van der Waals surface area (Å²) >= 11 is 0. The average molecular weight is 209 g/mol. The molecule has 3 heteroatoms. The fraction of sp³-hybridized carbons (Fsp3) is 0.750. The van der Waals surface area contributed by atoms with E-state index in [0.717, 1.165) is 24.9 Å². The van der Waals surface area contributed by atoms with Gasteiger partial charge in [0.1, 0.15) is 0 Å². The van der Waals surface area contributed by atoms with Crippen LogP contribution in [0.2, 0.25) is 0 Å². The number of aromatic nitrogens is 2. The van der Waals surface area contributed by atoms with Crippen molar-refractivity contribution in [3.8, 4) is 0 Å². The standard InChI is InChI=1S/C12H23N3/c1-5-11(13)10-8-14-15(9-10)7-6-12(2,3)4/h8-9,11H,5-7,13H2,1-4H3. The molecule has 0 saturated heterocycles. The van der Waals surface area contributed by atoms with E-state index in [2.05, 4.69) is 39.0 Å². The molecule has 0 aromatic carbocycles. The van der Waals surface area contributed by atoms with Gasteiger partial charge in [0.15, 0.2) is 0 Å². The lowest BCUT2D eigenvalue weighted by Crippen LogP contribution is -2.11. The van der Waals surface area contributed by atoms with Crippen molar-refractivity contribution in [3.05, 3.63) is 18.0 Å². The van der Waals surface area contributed by atoms with Gasteiger partial charge in [0.05, 0.1) is 6.20 Å². The van der Waals surface area contributed by atoms with Gasteiger partial charge in [-0.15, -0.1) is 0 Å². The van der Waals surface area contributed by atoms with Crippen LogP contribution < -0.4 is 5.73 Å². The zero-order chi connectivity index (χ0) is 11.5. The molecule has 3 nitrogen and oxygen atoms in total. The third-order valence-electron chi connectivity index (χ3n) is 2.61. The predicted molar refractivity (Wildman–Crippen MR) is 63.5 cm³/mol. The van der Waals surface area contributed by atoms with Gasteiger partial charge in [-0.05, 0) is 18.3 Å². The van der Waals surface area contributed by atoms with Gasteiger partial charge >= 0.3 is 0 Å². The molecule has 1 heterocycles. The zero-order valence-electron chi connectivity index (χ0n) is 10.3. The van der Waals surface area contributed by atoms with Crippen molar-refractivity contribution < 1.29 is 0 Å². The van der Waals surface area contributed by atoms with Crippen LogP contribution in [0, 0.1) is 5.41 Å². The first-order valence-corrected chi connectivity index (χ1v) is 5.70. The normalized spacial score (nSPS) is 14.2. The summed E-state index contributed by atoms with van der Waals surface area (Å²) in [5.41, 5.74) is 7.44. The van der Waals surface area contributed by atoms with Crippen molar-refractivity contribution in [2.75, 3.05) is 0 Å². The molecular formula is C12H23N3. The molecule has 1 aromatic rings. The summed E-state index contributed by atoms with van der Waals surface area (Å²) in [5, 5.41) is 4.32. The van der Waals surface area contributed by atoms with Gasteiger partial charge in [0.25, 0.3) is 0 Å². The second kappa shape index (κ2) is 4.79. The van der Waals surface area contributed by atoms with Gasteiger partial charge < -0.3 is 5.73 Å². The molecule has 0 aliphatic heterocycles. The van der Waals surface area contributed by atoms with Crippen LogP contribution in [0.15, 0.2) is 12.4 Å². The maximum Gasteiger partial charge on any atom is 0.0537 e. The van der Waals surface area contributed by atoms with Gasteiger partial charge in [0, 0.05) is 24.3 Å². The van der Waals surface area contributed by atoms with Gasteiger partial charge in [-0.1, -0.05) is 27.7 Å². The monoisotopic (exact) mass is 209 g/mol. The Hall–Kier alpha value is -0.830. The van der Waals surface area contributed by atoms with E-state index in [9.17, 15) is 0 Å². The van der Waals surface area contributed by atoms with Crippen molar-refractivity contribution in [1.29, 1.82) is 0 Å². The molecule has 1 atom stereocenters. The van der Waals surface area contributed by atoms with Crippen LogP contribution in [-0.2, 0) is 6.54 Å². The van der Waals surface area contributed by atoms with Crippen LogP contribution in [-0.4, -0.2) is 9.78 Å². The van der Waals surface area contributed by atoms with Crippen LogP contribution in [0.1, 0.15) is 52.1 Å². The second-order valence-corrected chi connectivity index (χ2v) is 5.36. The largest absolute Gasteiger partial charge is 0.324 e. The van der Waals surface area contributed by atoms with E-state index in [1.54, 1.807) is 0 Å². The number of nitrogens with two attached hydrogens (primary N) is 1. The highest BCUT2D eigenvalue weighted by molar-refractivity contribution is 5.09. The summed E-state index contributed by atoms with van der Waals surface area (Å²) in [6.07, 6.45) is 6.05. The number of aryl methyl sites for hydroxylation is 1.